The summed E-state index contributed by atoms with van der Waals surface area (Å²) in [6.45, 7) is 1.57. The molecule has 1 saturated carbocycles. The lowest BCUT2D eigenvalue weighted by atomic mass is 9.97. The first-order valence-electron chi connectivity index (χ1n) is 13.7. The van der Waals surface area contributed by atoms with Gasteiger partial charge < -0.3 is 14.7 Å². The molecule has 0 spiro atoms. The van der Waals surface area contributed by atoms with Gasteiger partial charge in [0.05, 0.1) is 22.8 Å². The van der Waals surface area contributed by atoms with Gasteiger partial charge in [-0.25, -0.2) is 13.6 Å². The highest BCUT2D eigenvalue weighted by molar-refractivity contribution is 6.30. The second kappa shape index (κ2) is 11.8. The van der Waals surface area contributed by atoms with E-state index in [-0.39, 0.29) is 42.7 Å². The number of nitrogens with zero attached hydrogens (tertiary/aromatic N) is 2. The van der Waals surface area contributed by atoms with Gasteiger partial charge in [-0.3, -0.25) is 9.69 Å². The van der Waals surface area contributed by atoms with Crippen LogP contribution >= 0.6 is 11.6 Å². The number of piperidine rings is 1. The normalized spacial score (nSPS) is 20.4. The third-order valence-electron chi connectivity index (χ3n) is 8.15. The van der Waals surface area contributed by atoms with E-state index < -0.39 is 46.3 Å². The van der Waals surface area contributed by atoms with E-state index in [2.05, 4.69) is 0 Å². The minimum Gasteiger partial charge on any atom is -0.493 e. The van der Waals surface area contributed by atoms with Crippen LogP contribution in [0.1, 0.15) is 71.5 Å². The topological polar surface area (TPSA) is 70.1 Å². The number of rotatable bonds is 8. The van der Waals surface area contributed by atoms with Crippen molar-refractivity contribution in [2.24, 2.45) is 5.92 Å². The molecule has 2 aromatic rings. The molecule has 1 atom stereocenters. The summed E-state index contributed by atoms with van der Waals surface area (Å²) in [6.07, 6.45) is -0.689. The van der Waals surface area contributed by atoms with E-state index in [9.17, 15) is 32.3 Å². The van der Waals surface area contributed by atoms with Crippen LogP contribution in [0, 0.1) is 17.6 Å². The Morgan fingerprint density at radius 3 is 2.34 bits per heavy atom. The molecule has 1 amide bonds. The quantitative estimate of drug-likeness (QED) is 0.351. The molecule has 2 aromatic carbocycles. The van der Waals surface area contributed by atoms with Gasteiger partial charge in [-0.05, 0) is 87.2 Å². The molecule has 6 nitrogen and oxygen atoms in total. The van der Waals surface area contributed by atoms with Crippen LogP contribution in [0.25, 0.3) is 0 Å². The molecule has 222 valence electrons. The summed E-state index contributed by atoms with van der Waals surface area (Å²) in [6, 6.07) is 3.13. The van der Waals surface area contributed by atoms with Crippen molar-refractivity contribution in [1.29, 1.82) is 0 Å². The molecule has 0 radical (unpaired) electrons. The number of hydrogen-bond donors (Lipinski definition) is 1. The third-order valence-corrected chi connectivity index (χ3v) is 8.43. The second-order valence-electron chi connectivity index (χ2n) is 11.1. The van der Waals surface area contributed by atoms with Gasteiger partial charge in [0.15, 0.2) is 0 Å². The highest BCUT2D eigenvalue weighted by Gasteiger charge is 2.37. The van der Waals surface area contributed by atoms with Crippen LogP contribution in [0.15, 0.2) is 24.3 Å². The SMILES string of the molecule is O=C(O)C1CCCN1C(=O)c1cc(C2CC2)c(OCC2CCN(Cc3cc(C(F)(F)F)cc(Cl)c3F)CC2)cc1F. The molecule has 0 bridgehead atoms. The lowest BCUT2D eigenvalue weighted by Crippen LogP contribution is -2.40. The van der Waals surface area contributed by atoms with Crippen LogP contribution in [0.3, 0.4) is 0 Å². The fourth-order valence-corrected chi connectivity index (χ4v) is 5.92. The Hall–Kier alpha value is -2.92. The molecule has 1 aliphatic carbocycles. The van der Waals surface area contributed by atoms with Gasteiger partial charge >= 0.3 is 12.1 Å². The molecule has 12 heteroatoms. The number of amides is 1. The maximum Gasteiger partial charge on any atom is 0.416 e. The number of aliphatic carboxylic acids is 1. The number of likely N-dealkylation sites (tertiary alicyclic amines) is 2. The predicted octanol–water partition coefficient (Wildman–Crippen LogP) is 6.49. The zero-order chi connectivity index (χ0) is 29.5. The highest BCUT2D eigenvalue weighted by atomic mass is 35.5. The number of benzene rings is 2. The lowest BCUT2D eigenvalue weighted by Gasteiger charge is -2.32. The average Bonchev–Trinajstić information content (AvgIpc) is 3.64. The molecule has 3 aliphatic rings. The maximum atomic E-state index is 15.1. The van der Waals surface area contributed by atoms with Gasteiger partial charge in [0.2, 0.25) is 0 Å². The second-order valence-corrected chi connectivity index (χ2v) is 11.5. The van der Waals surface area contributed by atoms with Crippen molar-refractivity contribution in [3.63, 3.8) is 0 Å². The molecule has 41 heavy (non-hydrogen) atoms. The van der Waals surface area contributed by atoms with E-state index in [0.29, 0.717) is 50.6 Å². The van der Waals surface area contributed by atoms with E-state index >= 15 is 4.39 Å². The third kappa shape index (κ3) is 6.61. The number of carbonyl (C=O) groups is 2. The molecule has 2 saturated heterocycles. The van der Waals surface area contributed by atoms with Crippen LogP contribution in [0.4, 0.5) is 22.0 Å². The Balaban J connectivity index is 1.21. The number of alkyl halides is 3. The molecule has 2 heterocycles. The van der Waals surface area contributed by atoms with Crippen LogP contribution in [0.5, 0.6) is 5.75 Å². The first-order valence-corrected chi connectivity index (χ1v) is 14.1. The monoisotopic (exact) mass is 600 g/mol. The molecular formula is C29H30ClF5N2O4. The Bertz CT molecular complexity index is 1330. The maximum absolute atomic E-state index is 15.1. The van der Waals surface area contributed by atoms with Gasteiger partial charge in [-0.15, -0.1) is 0 Å². The molecule has 3 fully saturated rings. The first kappa shape index (κ1) is 29.6. The summed E-state index contributed by atoms with van der Waals surface area (Å²) in [4.78, 5) is 27.7. The fraction of sp³-hybridized carbons (Fsp3) is 0.517. The fourth-order valence-electron chi connectivity index (χ4n) is 5.68. The molecule has 1 N–H and O–H groups in total. The number of carboxylic acids is 1. The van der Waals surface area contributed by atoms with E-state index in [0.717, 1.165) is 24.5 Å². The predicted molar refractivity (Wildman–Crippen MR) is 140 cm³/mol. The van der Waals surface area contributed by atoms with Crippen LogP contribution in [-0.4, -0.2) is 59.1 Å². The Morgan fingerprint density at radius 2 is 1.71 bits per heavy atom. The number of carboxylic acid groups (broad SMARTS) is 1. The molecular weight excluding hydrogens is 571 g/mol. The summed E-state index contributed by atoms with van der Waals surface area (Å²) >= 11 is 5.71. The minimum atomic E-state index is -4.63. The van der Waals surface area contributed by atoms with E-state index in [1.165, 1.54) is 17.0 Å². The van der Waals surface area contributed by atoms with Crippen molar-refractivity contribution >= 4 is 23.5 Å². The Kier molecular flexibility index (Phi) is 8.48. The summed E-state index contributed by atoms with van der Waals surface area (Å²) in [5, 5.41) is 8.86. The van der Waals surface area contributed by atoms with Crippen LogP contribution in [-0.2, 0) is 17.5 Å². The largest absolute Gasteiger partial charge is 0.493 e. The lowest BCUT2D eigenvalue weighted by molar-refractivity contribution is -0.141. The van der Waals surface area contributed by atoms with Crippen molar-refractivity contribution in [1.82, 2.24) is 9.80 Å². The van der Waals surface area contributed by atoms with Crippen molar-refractivity contribution in [2.75, 3.05) is 26.2 Å². The first-order chi connectivity index (χ1) is 19.4. The van der Waals surface area contributed by atoms with E-state index in [1.54, 1.807) is 0 Å². The summed E-state index contributed by atoms with van der Waals surface area (Å²) in [5.41, 5.74) is -0.518. The zero-order valence-electron chi connectivity index (χ0n) is 22.2. The van der Waals surface area contributed by atoms with Gasteiger partial charge in [-0.2, -0.15) is 13.2 Å². The number of halogens is 6. The molecule has 5 rings (SSSR count). The number of ether oxygens (including phenoxy) is 1. The van der Waals surface area contributed by atoms with Gasteiger partial charge in [0.25, 0.3) is 5.91 Å². The van der Waals surface area contributed by atoms with E-state index in [4.69, 9.17) is 16.3 Å². The summed E-state index contributed by atoms with van der Waals surface area (Å²) < 4.78 is 75.1. The number of carbonyl (C=O) groups excluding carboxylic acids is 1. The Labute approximate surface area is 239 Å². The molecule has 1 unspecified atom stereocenters. The van der Waals surface area contributed by atoms with Crippen molar-refractivity contribution in [3.05, 3.63) is 63.2 Å². The summed E-state index contributed by atoms with van der Waals surface area (Å²) in [5.74, 6) is -2.76. The smallest absolute Gasteiger partial charge is 0.416 e. The van der Waals surface area contributed by atoms with E-state index in [1.807, 2.05) is 4.90 Å². The molecule has 0 aromatic heterocycles. The Morgan fingerprint density at radius 1 is 1.00 bits per heavy atom. The average molecular weight is 601 g/mol. The van der Waals surface area contributed by atoms with Gasteiger partial charge in [-0.1, -0.05) is 11.6 Å². The minimum absolute atomic E-state index is 0.00463. The summed E-state index contributed by atoms with van der Waals surface area (Å²) in [7, 11) is 0. The molecule has 2 aliphatic heterocycles. The number of hydrogen-bond acceptors (Lipinski definition) is 4. The highest BCUT2D eigenvalue weighted by Crippen LogP contribution is 2.45. The van der Waals surface area contributed by atoms with Crippen LogP contribution in [0.2, 0.25) is 5.02 Å². The van der Waals surface area contributed by atoms with Crippen LogP contribution < -0.4 is 4.74 Å². The van der Waals surface area contributed by atoms with Gasteiger partial charge in [0, 0.05) is 24.7 Å². The van der Waals surface area contributed by atoms with Crippen molar-refractivity contribution < 1.29 is 41.4 Å². The standard InChI is InChI=1S/C29H30ClF5N2O4/c30-22-11-19(29(33,34)35)10-18(26(22)32)14-36-8-5-16(6-9-36)15-41-25-13-23(31)21(12-20(25)17-3-4-17)27(38)37-7-1-2-24(37)28(39)40/h10-13,16-17,24H,1-9,14-15H2,(H,39,40). The van der Waals surface area contributed by atoms with Crippen molar-refractivity contribution in [2.45, 2.75) is 63.2 Å². The zero-order valence-corrected chi connectivity index (χ0v) is 22.9. The van der Waals surface area contributed by atoms with Gasteiger partial charge in [0.1, 0.15) is 23.4 Å². The van der Waals surface area contributed by atoms with Crippen molar-refractivity contribution in [3.8, 4) is 5.75 Å².